The third-order valence-corrected chi connectivity index (χ3v) is 2.23. The highest BCUT2D eigenvalue weighted by Crippen LogP contribution is 1.92. The smallest absolute Gasteiger partial charge is 0.326 e. The van der Waals surface area contributed by atoms with Crippen LogP contribution in [0.3, 0.4) is 0 Å². The number of aliphatic carboxylic acids is 1. The number of nitrogens with one attached hydrogen (secondary N) is 1. The Morgan fingerprint density at radius 1 is 1.40 bits per heavy atom. The van der Waals surface area contributed by atoms with Crippen molar-refractivity contribution in [3.63, 3.8) is 0 Å². The fraction of sp³-hybridized carbons (Fsp3) is 0.714. The average Bonchev–Trinajstić information content (AvgIpc) is 1.99. The number of hydrogen-bond acceptors (Lipinski definition) is 5. The van der Waals surface area contributed by atoms with Crippen LogP contribution in [0.15, 0.2) is 0 Å². The molecule has 0 aromatic heterocycles. The maximum atomic E-state index is 11.0. The lowest BCUT2D eigenvalue weighted by atomic mass is 10.2. The van der Waals surface area contributed by atoms with E-state index in [2.05, 4.69) is 0 Å². The van der Waals surface area contributed by atoms with Gasteiger partial charge in [0.05, 0.1) is 0 Å². The number of hydrogen-bond donors (Lipinski definition) is 3. The number of aliphatic hydroxyl groups is 1. The summed E-state index contributed by atoms with van der Waals surface area (Å²) in [5.41, 5.74) is 0. The minimum Gasteiger partial charge on any atom is -0.480 e. The predicted octanol–water partition coefficient (Wildman–Crippen LogP) is -2.02. The summed E-state index contributed by atoms with van der Waals surface area (Å²) in [6.45, 7) is -0.407. The Labute approximate surface area is 87.0 Å². The summed E-state index contributed by atoms with van der Waals surface area (Å²) in [5.74, 6) is -2.97. The van der Waals surface area contributed by atoms with E-state index in [0.29, 0.717) is 0 Å². The standard InChI is InChI=1S/C7H13NO6S/c1-15(13,14)4-6(10)8-5(2-3-9)7(11)12/h5,9H,2-4H2,1H3,(H,8,10)(H,11,12)/t5-/m0/s1. The third kappa shape index (κ3) is 6.86. The van der Waals surface area contributed by atoms with Crippen molar-refractivity contribution in [2.45, 2.75) is 12.5 Å². The van der Waals surface area contributed by atoms with E-state index in [1.807, 2.05) is 5.32 Å². The molecule has 0 rings (SSSR count). The molecule has 0 saturated carbocycles. The van der Waals surface area contributed by atoms with Gasteiger partial charge < -0.3 is 15.5 Å². The van der Waals surface area contributed by atoms with Crippen LogP contribution in [0, 0.1) is 0 Å². The van der Waals surface area contributed by atoms with Crippen LogP contribution < -0.4 is 5.32 Å². The maximum absolute atomic E-state index is 11.0. The molecule has 0 aromatic rings. The van der Waals surface area contributed by atoms with E-state index < -0.39 is 40.1 Å². The molecule has 88 valence electrons. The molecule has 3 N–H and O–H groups in total. The molecule has 0 spiro atoms. The summed E-state index contributed by atoms with van der Waals surface area (Å²) >= 11 is 0. The van der Waals surface area contributed by atoms with Crippen LogP contribution in [-0.2, 0) is 19.4 Å². The minimum atomic E-state index is -3.48. The highest BCUT2D eigenvalue weighted by Gasteiger charge is 2.20. The van der Waals surface area contributed by atoms with Gasteiger partial charge in [-0.05, 0) is 0 Å². The van der Waals surface area contributed by atoms with Gasteiger partial charge >= 0.3 is 5.97 Å². The molecule has 8 heteroatoms. The van der Waals surface area contributed by atoms with Crippen molar-refractivity contribution in [1.82, 2.24) is 5.32 Å². The van der Waals surface area contributed by atoms with E-state index in [1.165, 1.54) is 0 Å². The normalized spacial score (nSPS) is 13.2. The average molecular weight is 239 g/mol. The Bertz CT molecular complexity index is 335. The molecule has 0 radical (unpaired) electrons. The van der Waals surface area contributed by atoms with E-state index in [1.54, 1.807) is 0 Å². The monoisotopic (exact) mass is 239 g/mol. The number of carbonyl (C=O) groups is 2. The number of aliphatic hydroxyl groups excluding tert-OH is 1. The van der Waals surface area contributed by atoms with E-state index in [0.717, 1.165) is 6.26 Å². The second-order valence-corrected chi connectivity index (χ2v) is 5.18. The molecule has 0 aliphatic carbocycles. The quantitative estimate of drug-likeness (QED) is 0.492. The molecule has 0 fully saturated rings. The van der Waals surface area contributed by atoms with Crippen molar-refractivity contribution in [2.75, 3.05) is 18.6 Å². The molecule has 0 heterocycles. The maximum Gasteiger partial charge on any atom is 0.326 e. The summed E-state index contributed by atoms with van der Waals surface area (Å²) < 4.78 is 21.4. The highest BCUT2D eigenvalue weighted by atomic mass is 32.2. The summed E-state index contributed by atoms with van der Waals surface area (Å²) in [5, 5.41) is 19.1. The van der Waals surface area contributed by atoms with Gasteiger partial charge in [-0.25, -0.2) is 13.2 Å². The molecule has 0 aromatic carbocycles. The van der Waals surface area contributed by atoms with Gasteiger partial charge in [-0.15, -0.1) is 0 Å². The van der Waals surface area contributed by atoms with Crippen LogP contribution >= 0.6 is 0 Å². The van der Waals surface area contributed by atoms with Crippen LogP contribution in [0.25, 0.3) is 0 Å². The van der Waals surface area contributed by atoms with Gasteiger partial charge in [0, 0.05) is 19.3 Å². The van der Waals surface area contributed by atoms with Gasteiger partial charge in [0.1, 0.15) is 11.8 Å². The fourth-order valence-corrected chi connectivity index (χ4v) is 1.42. The van der Waals surface area contributed by atoms with Gasteiger partial charge in [-0.3, -0.25) is 4.79 Å². The van der Waals surface area contributed by atoms with Crippen LogP contribution in [-0.4, -0.2) is 55.2 Å². The molecule has 0 aliphatic heterocycles. The zero-order valence-electron chi connectivity index (χ0n) is 8.13. The summed E-state index contributed by atoms with van der Waals surface area (Å²) in [4.78, 5) is 21.5. The van der Waals surface area contributed by atoms with E-state index >= 15 is 0 Å². The molecule has 7 nitrogen and oxygen atoms in total. The van der Waals surface area contributed by atoms with Crippen molar-refractivity contribution >= 4 is 21.7 Å². The third-order valence-electron chi connectivity index (χ3n) is 1.44. The Kier molecular flexibility index (Phi) is 5.23. The second-order valence-electron chi connectivity index (χ2n) is 3.04. The summed E-state index contributed by atoms with van der Waals surface area (Å²) in [6, 6.07) is -1.26. The summed E-state index contributed by atoms with van der Waals surface area (Å²) in [7, 11) is -3.48. The molecule has 1 amide bonds. The first-order valence-corrected chi connectivity index (χ1v) is 6.13. The van der Waals surface area contributed by atoms with Gasteiger partial charge in [0.15, 0.2) is 9.84 Å². The van der Waals surface area contributed by atoms with E-state index in [-0.39, 0.29) is 6.42 Å². The second kappa shape index (κ2) is 5.66. The zero-order valence-corrected chi connectivity index (χ0v) is 8.95. The first-order chi connectivity index (χ1) is 6.76. The Hall–Kier alpha value is -1.15. The Morgan fingerprint density at radius 3 is 2.27 bits per heavy atom. The van der Waals surface area contributed by atoms with E-state index in [9.17, 15) is 18.0 Å². The van der Waals surface area contributed by atoms with Gasteiger partial charge in [0.25, 0.3) is 0 Å². The van der Waals surface area contributed by atoms with Crippen LogP contribution in [0.1, 0.15) is 6.42 Å². The molecule has 1 atom stereocenters. The minimum absolute atomic E-state index is 0.162. The predicted molar refractivity (Wildman–Crippen MR) is 51.0 cm³/mol. The molecule has 0 saturated heterocycles. The van der Waals surface area contributed by atoms with Gasteiger partial charge in [-0.1, -0.05) is 0 Å². The number of amides is 1. The molecule has 0 unspecified atom stereocenters. The van der Waals surface area contributed by atoms with E-state index in [4.69, 9.17) is 10.2 Å². The van der Waals surface area contributed by atoms with Crippen LogP contribution in [0.4, 0.5) is 0 Å². The van der Waals surface area contributed by atoms with Crippen molar-refractivity contribution in [3.05, 3.63) is 0 Å². The van der Waals surface area contributed by atoms with Crippen molar-refractivity contribution in [2.24, 2.45) is 0 Å². The van der Waals surface area contributed by atoms with Gasteiger partial charge in [-0.2, -0.15) is 0 Å². The summed E-state index contributed by atoms with van der Waals surface area (Å²) in [6.07, 6.45) is 0.708. The largest absolute Gasteiger partial charge is 0.480 e. The SMILES string of the molecule is CS(=O)(=O)CC(=O)N[C@@H](CCO)C(=O)O. The van der Waals surface area contributed by atoms with Gasteiger partial charge in [0.2, 0.25) is 5.91 Å². The first kappa shape index (κ1) is 13.8. The Morgan fingerprint density at radius 2 is 1.93 bits per heavy atom. The number of rotatable bonds is 6. The molecule has 15 heavy (non-hydrogen) atoms. The molecule has 0 aliphatic rings. The first-order valence-electron chi connectivity index (χ1n) is 4.07. The van der Waals surface area contributed by atoms with Crippen molar-refractivity contribution in [3.8, 4) is 0 Å². The molecule has 0 bridgehead atoms. The lowest BCUT2D eigenvalue weighted by Crippen LogP contribution is -2.43. The number of carboxylic acid groups (broad SMARTS) is 1. The lowest BCUT2D eigenvalue weighted by Gasteiger charge is -2.12. The number of sulfone groups is 1. The van der Waals surface area contributed by atoms with Crippen molar-refractivity contribution < 1.29 is 28.2 Å². The zero-order chi connectivity index (χ0) is 12.1. The molecular weight excluding hydrogens is 226 g/mol. The van der Waals surface area contributed by atoms with Crippen LogP contribution in [0.5, 0.6) is 0 Å². The highest BCUT2D eigenvalue weighted by molar-refractivity contribution is 7.91. The topological polar surface area (TPSA) is 121 Å². The van der Waals surface area contributed by atoms with Crippen LogP contribution in [0.2, 0.25) is 0 Å². The van der Waals surface area contributed by atoms with Crippen molar-refractivity contribution in [1.29, 1.82) is 0 Å². The number of carbonyl (C=O) groups excluding carboxylic acids is 1. The Balaban J connectivity index is 4.30. The molecular formula is C7H13NO6S. The fourth-order valence-electron chi connectivity index (χ4n) is 0.861. The number of carboxylic acids is 1. The lowest BCUT2D eigenvalue weighted by molar-refractivity contribution is -0.141.